The molecule has 0 unspecified atom stereocenters. The number of likely N-dealkylation sites (tertiary alicyclic amines) is 1. The van der Waals surface area contributed by atoms with E-state index in [2.05, 4.69) is 24.7 Å². The summed E-state index contributed by atoms with van der Waals surface area (Å²) in [7, 11) is 0. The molecule has 2 aliphatic heterocycles. The Bertz CT molecular complexity index is 461. The number of nitrogens with zero attached hydrogens (tertiary/aromatic N) is 5. The van der Waals surface area contributed by atoms with E-state index in [0.717, 1.165) is 37.7 Å². The van der Waals surface area contributed by atoms with Gasteiger partial charge in [0.2, 0.25) is 0 Å². The number of halogens is 1. The van der Waals surface area contributed by atoms with Crippen molar-refractivity contribution >= 4 is 29.9 Å². The number of guanidine groups is 1. The van der Waals surface area contributed by atoms with Gasteiger partial charge in [-0.3, -0.25) is 0 Å². The maximum Gasteiger partial charge on any atom is 0.191 e. The van der Waals surface area contributed by atoms with Crippen LogP contribution in [0.1, 0.15) is 43.8 Å². The highest BCUT2D eigenvalue weighted by Gasteiger charge is 2.17. The molecule has 112 valence electrons. The standard InChI is InChI=1S/C13H22N6.HI/c14-13(18-7-3-1-2-4-8-18)15-10-12-17-16-11-6-5-9-19(11)12;/h1-10H2,(H2,14,15);1H. The number of aliphatic imine (C=N–C) groups is 1. The van der Waals surface area contributed by atoms with Crippen LogP contribution in [0, 0.1) is 0 Å². The second-order valence-electron chi connectivity index (χ2n) is 5.36. The Hall–Kier alpha value is -0.860. The van der Waals surface area contributed by atoms with E-state index in [9.17, 15) is 0 Å². The molecule has 0 amide bonds. The zero-order chi connectivity index (χ0) is 13.1. The molecule has 0 radical (unpaired) electrons. The summed E-state index contributed by atoms with van der Waals surface area (Å²) < 4.78 is 2.18. The van der Waals surface area contributed by atoms with Gasteiger partial charge >= 0.3 is 0 Å². The van der Waals surface area contributed by atoms with Crippen molar-refractivity contribution in [3.8, 4) is 0 Å². The fourth-order valence-corrected chi connectivity index (χ4v) is 2.88. The molecule has 2 aliphatic rings. The number of hydrogen-bond donors (Lipinski definition) is 1. The van der Waals surface area contributed by atoms with Gasteiger partial charge in [-0.2, -0.15) is 0 Å². The topological polar surface area (TPSA) is 72.3 Å². The maximum absolute atomic E-state index is 6.10. The van der Waals surface area contributed by atoms with E-state index in [0.29, 0.717) is 12.5 Å². The fourth-order valence-electron chi connectivity index (χ4n) is 2.88. The van der Waals surface area contributed by atoms with Gasteiger partial charge in [0, 0.05) is 26.1 Å². The SMILES string of the molecule is I.NC(=NCc1nnc2n1CCC2)N1CCCCCC1. The molecule has 2 N–H and O–H groups in total. The van der Waals surface area contributed by atoms with E-state index >= 15 is 0 Å². The Kier molecular flexibility index (Phi) is 5.62. The molecule has 3 heterocycles. The van der Waals surface area contributed by atoms with Crippen molar-refractivity contribution in [3.63, 3.8) is 0 Å². The second-order valence-corrected chi connectivity index (χ2v) is 5.36. The number of fused-ring (bicyclic) bond motifs is 1. The average Bonchev–Trinajstić information content (AvgIpc) is 2.91. The molecule has 0 aromatic carbocycles. The van der Waals surface area contributed by atoms with Crippen molar-refractivity contribution in [1.82, 2.24) is 19.7 Å². The number of hydrogen-bond acceptors (Lipinski definition) is 3. The molecule has 1 aromatic heterocycles. The highest BCUT2D eigenvalue weighted by Crippen LogP contribution is 2.15. The summed E-state index contributed by atoms with van der Waals surface area (Å²) in [6, 6.07) is 0. The van der Waals surface area contributed by atoms with Gasteiger partial charge in [-0.05, 0) is 19.3 Å². The second kappa shape index (κ2) is 7.24. The van der Waals surface area contributed by atoms with Gasteiger partial charge in [0.25, 0.3) is 0 Å². The molecule has 20 heavy (non-hydrogen) atoms. The largest absolute Gasteiger partial charge is 0.370 e. The summed E-state index contributed by atoms with van der Waals surface area (Å²) in [5.74, 6) is 2.71. The molecule has 0 saturated carbocycles. The lowest BCUT2D eigenvalue weighted by Crippen LogP contribution is -2.38. The smallest absolute Gasteiger partial charge is 0.191 e. The first kappa shape index (κ1) is 15.5. The van der Waals surface area contributed by atoms with Crippen molar-refractivity contribution < 1.29 is 0 Å². The molecular weight excluding hydrogens is 367 g/mol. The van der Waals surface area contributed by atoms with Crippen LogP contribution in [0.2, 0.25) is 0 Å². The molecule has 0 aliphatic carbocycles. The minimum Gasteiger partial charge on any atom is -0.370 e. The minimum absolute atomic E-state index is 0. The molecule has 0 spiro atoms. The van der Waals surface area contributed by atoms with Crippen LogP contribution >= 0.6 is 24.0 Å². The van der Waals surface area contributed by atoms with Crippen molar-refractivity contribution in [2.24, 2.45) is 10.7 Å². The lowest BCUT2D eigenvalue weighted by Gasteiger charge is -2.20. The average molecular weight is 390 g/mol. The Labute approximate surface area is 136 Å². The van der Waals surface area contributed by atoms with Gasteiger partial charge in [-0.15, -0.1) is 34.2 Å². The number of aryl methyl sites for hydroxylation is 1. The number of aromatic nitrogens is 3. The van der Waals surface area contributed by atoms with Crippen molar-refractivity contribution in [3.05, 3.63) is 11.6 Å². The third-order valence-electron chi connectivity index (χ3n) is 4.00. The monoisotopic (exact) mass is 390 g/mol. The van der Waals surface area contributed by atoms with E-state index < -0.39 is 0 Å². The summed E-state index contributed by atoms with van der Waals surface area (Å²) in [5.41, 5.74) is 6.10. The van der Waals surface area contributed by atoms with E-state index in [1.807, 2.05) is 0 Å². The molecule has 0 bridgehead atoms. The predicted molar refractivity (Wildman–Crippen MR) is 89.1 cm³/mol. The Morgan fingerprint density at radius 2 is 1.80 bits per heavy atom. The molecule has 6 nitrogen and oxygen atoms in total. The normalized spacial score (nSPS) is 19.4. The zero-order valence-corrected chi connectivity index (χ0v) is 14.1. The lowest BCUT2D eigenvalue weighted by atomic mass is 10.2. The van der Waals surface area contributed by atoms with Crippen LogP contribution in [0.25, 0.3) is 0 Å². The van der Waals surface area contributed by atoms with Crippen molar-refractivity contribution in [2.75, 3.05) is 13.1 Å². The van der Waals surface area contributed by atoms with Gasteiger partial charge < -0.3 is 15.2 Å². The third kappa shape index (κ3) is 3.42. The number of rotatable bonds is 2. The molecule has 7 heteroatoms. The van der Waals surface area contributed by atoms with E-state index in [1.165, 1.54) is 32.1 Å². The Morgan fingerprint density at radius 1 is 1.05 bits per heavy atom. The summed E-state index contributed by atoms with van der Waals surface area (Å²) in [5, 5.41) is 8.40. The highest BCUT2D eigenvalue weighted by molar-refractivity contribution is 14.0. The molecular formula is C13H23IN6. The van der Waals surface area contributed by atoms with E-state index in [1.54, 1.807) is 0 Å². The summed E-state index contributed by atoms with van der Waals surface area (Å²) in [6.45, 7) is 3.65. The Balaban J connectivity index is 0.00000147. The van der Waals surface area contributed by atoms with E-state index in [-0.39, 0.29) is 24.0 Å². The van der Waals surface area contributed by atoms with Crippen LogP contribution in [0.5, 0.6) is 0 Å². The van der Waals surface area contributed by atoms with Crippen LogP contribution < -0.4 is 5.73 Å². The predicted octanol–water partition coefficient (Wildman–Crippen LogP) is 1.53. The fraction of sp³-hybridized carbons (Fsp3) is 0.769. The van der Waals surface area contributed by atoms with Gasteiger partial charge in [0.15, 0.2) is 11.8 Å². The van der Waals surface area contributed by atoms with Crippen LogP contribution in [0.4, 0.5) is 0 Å². The third-order valence-corrected chi connectivity index (χ3v) is 4.00. The minimum atomic E-state index is 0. The summed E-state index contributed by atoms with van der Waals surface area (Å²) in [4.78, 5) is 6.71. The first-order chi connectivity index (χ1) is 9.34. The van der Waals surface area contributed by atoms with Crippen molar-refractivity contribution in [2.45, 2.75) is 51.6 Å². The maximum atomic E-state index is 6.10. The zero-order valence-electron chi connectivity index (χ0n) is 11.8. The molecule has 1 saturated heterocycles. The van der Waals surface area contributed by atoms with Crippen molar-refractivity contribution in [1.29, 1.82) is 0 Å². The lowest BCUT2D eigenvalue weighted by molar-refractivity contribution is 0.428. The van der Waals surface area contributed by atoms with Crippen LogP contribution in [0.3, 0.4) is 0 Å². The van der Waals surface area contributed by atoms with Gasteiger partial charge in [0.05, 0.1) is 0 Å². The van der Waals surface area contributed by atoms with Crippen LogP contribution in [-0.2, 0) is 19.5 Å². The van der Waals surface area contributed by atoms with Crippen LogP contribution in [0.15, 0.2) is 4.99 Å². The Morgan fingerprint density at radius 3 is 2.55 bits per heavy atom. The quantitative estimate of drug-likeness (QED) is 0.472. The van der Waals surface area contributed by atoms with Crippen LogP contribution in [-0.4, -0.2) is 38.7 Å². The molecule has 1 aromatic rings. The van der Waals surface area contributed by atoms with Gasteiger partial charge in [-0.25, -0.2) is 4.99 Å². The molecule has 1 fully saturated rings. The number of nitrogens with two attached hydrogens (primary N) is 1. The summed E-state index contributed by atoms with van der Waals surface area (Å²) >= 11 is 0. The van der Waals surface area contributed by atoms with Gasteiger partial charge in [0.1, 0.15) is 12.4 Å². The molecule has 3 rings (SSSR count). The van der Waals surface area contributed by atoms with Gasteiger partial charge in [-0.1, -0.05) is 12.8 Å². The van der Waals surface area contributed by atoms with E-state index in [4.69, 9.17) is 5.73 Å². The molecule has 0 atom stereocenters. The first-order valence-electron chi connectivity index (χ1n) is 7.30. The first-order valence-corrected chi connectivity index (χ1v) is 7.30. The highest BCUT2D eigenvalue weighted by atomic mass is 127. The summed E-state index contributed by atoms with van der Waals surface area (Å²) in [6.07, 6.45) is 7.26.